The fourth-order valence-electron chi connectivity index (χ4n) is 2.17. The van der Waals surface area contributed by atoms with Crippen molar-refractivity contribution < 1.29 is 57.1 Å². The lowest BCUT2D eigenvalue weighted by Gasteiger charge is -2.15. The second-order valence-corrected chi connectivity index (χ2v) is 7.67. The molecular formula is C16H8F10N2O3S. The second kappa shape index (κ2) is 8.14. The molecule has 2 aromatic rings. The molecule has 0 saturated heterocycles. The molecule has 32 heavy (non-hydrogen) atoms. The first-order valence-electron chi connectivity index (χ1n) is 7.81. The summed E-state index contributed by atoms with van der Waals surface area (Å²) in [5, 5.41) is 1.76. The number of anilines is 2. The smallest absolute Gasteiger partial charge is 0.322 e. The number of alkyl halides is 9. The third-order valence-corrected chi connectivity index (χ3v) is 4.72. The minimum Gasteiger partial charge on any atom is -0.322 e. The number of nitrogens with one attached hydrogen (secondary N) is 2. The maximum atomic E-state index is 13.9. The molecule has 0 heterocycles. The molecule has 0 aliphatic carbocycles. The molecule has 176 valence electrons. The van der Waals surface area contributed by atoms with Crippen LogP contribution in [0.25, 0.3) is 0 Å². The molecule has 0 bridgehead atoms. The molecule has 0 unspecified atom stereocenters. The highest BCUT2D eigenvalue weighted by Crippen LogP contribution is 2.36. The molecule has 0 atom stereocenters. The van der Waals surface area contributed by atoms with Crippen LogP contribution in [0.15, 0.2) is 36.4 Å². The molecule has 0 aliphatic rings. The van der Waals surface area contributed by atoms with Crippen LogP contribution in [-0.4, -0.2) is 19.8 Å². The van der Waals surface area contributed by atoms with Gasteiger partial charge in [-0.05, 0) is 36.4 Å². The van der Waals surface area contributed by atoms with E-state index in [-0.39, 0.29) is 18.2 Å². The lowest BCUT2D eigenvalue weighted by atomic mass is 10.0. The Morgan fingerprint density at radius 1 is 0.781 bits per heavy atom. The zero-order valence-electron chi connectivity index (χ0n) is 14.9. The summed E-state index contributed by atoms with van der Waals surface area (Å²) in [7, 11) is -5.98. The lowest BCUT2D eigenvalue weighted by Crippen LogP contribution is -2.30. The van der Waals surface area contributed by atoms with Crippen molar-refractivity contribution in [2.75, 3.05) is 10.0 Å². The van der Waals surface area contributed by atoms with Crippen molar-refractivity contribution >= 4 is 27.3 Å². The molecular weight excluding hydrogens is 490 g/mol. The van der Waals surface area contributed by atoms with Gasteiger partial charge in [-0.3, -0.25) is 9.52 Å². The number of benzene rings is 2. The Balaban J connectivity index is 2.35. The van der Waals surface area contributed by atoms with Crippen molar-refractivity contribution in [1.82, 2.24) is 0 Å². The van der Waals surface area contributed by atoms with E-state index in [9.17, 15) is 57.1 Å². The second-order valence-electron chi connectivity index (χ2n) is 5.99. The molecule has 0 aliphatic heterocycles. The Kier molecular flexibility index (Phi) is 6.42. The van der Waals surface area contributed by atoms with Crippen molar-refractivity contribution in [1.29, 1.82) is 0 Å². The monoisotopic (exact) mass is 498 g/mol. The molecule has 0 aromatic heterocycles. The van der Waals surface area contributed by atoms with E-state index in [0.717, 1.165) is 4.72 Å². The Hall–Kier alpha value is -3.04. The third-order valence-electron chi connectivity index (χ3n) is 3.63. The quantitative estimate of drug-likeness (QED) is 0.557. The standard InChI is InChI=1S/C16H8F10N2O3S/c17-11-6-10(1-2-12(11)28-32(30,31)16(24,25)26)27-13(29)7-3-8(14(18,19)20)5-9(4-7)15(21,22)23/h1-6,28H,(H,27,29). The highest BCUT2D eigenvalue weighted by molar-refractivity contribution is 7.93. The summed E-state index contributed by atoms with van der Waals surface area (Å²) in [6.07, 6.45) is -10.5. The molecule has 0 spiro atoms. The molecule has 2 N–H and O–H groups in total. The summed E-state index contributed by atoms with van der Waals surface area (Å²) in [4.78, 5) is 12.1. The van der Waals surface area contributed by atoms with Gasteiger partial charge in [-0.2, -0.15) is 47.9 Å². The van der Waals surface area contributed by atoms with Gasteiger partial charge >= 0.3 is 27.9 Å². The fraction of sp³-hybridized carbons (Fsp3) is 0.188. The van der Waals surface area contributed by atoms with Gasteiger partial charge in [0.15, 0.2) is 0 Å². The number of sulfonamides is 1. The summed E-state index contributed by atoms with van der Waals surface area (Å²) < 4.78 is 151. The number of rotatable bonds is 4. The van der Waals surface area contributed by atoms with Gasteiger partial charge in [-0.15, -0.1) is 0 Å². The minimum atomic E-state index is -5.98. The summed E-state index contributed by atoms with van der Waals surface area (Å²) >= 11 is 0. The van der Waals surface area contributed by atoms with Crippen LogP contribution in [0.2, 0.25) is 0 Å². The maximum Gasteiger partial charge on any atom is 0.516 e. The van der Waals surface area contributed by atoms with E-state index in [4.69, 9.17) is 0 Å². The van der Waals surface area contributed by atoms with E-state index in [1.54, 1.807) is 5.32 Å². The van der Waals surface area contributed by atoms with E-state index in [2.05, 4.69) is 0 Å². The Morgan fingerprint density at radius 3 is 1.69 bits per heavy atom. The summed E-state index contributed by atoms with van der Waals surface area (Å²) in [5.74, 6) is -3.17. The molecule has 16 heteroatoms. The first kappa shape index (κ1) is 25.2. The fourth-order valence-corrected chi connectivity index (χ4v) is 2.74. The normalized spacial score (nSPS) is 13.1. The number of hydrogen-bond acceptors (Lipinski definition) is 3. The minimum absolute atomic E-state index is 0.104. The van der Waals surface area contributed by atoms with Crippen LogP contribution >= 0.6 is 0 Å². The molecule has 2 rings (SSSR count). The topological polar surface area (TPSA) is 75.3 Å². The van der Waals surface area contributed by atoms with Crippen LogP contribution in [-0.2, 0) is 22.4 Å². The average molecular weight is 498 g/mol. The van der Waals surface area contributed by atoms with Gasteiger partial charge in [0.25, 0.3) is 5.91 Å². The Morgan fingerprint density at radius 2 is 1.28 bits per heavy atom. The van der Waals surface area contributed by atoms with Crippen LogP contribution in [0, 0.1) is 5.82 Å². The largest absolute Gasteiger partial charge is 0.516 e. The van der Waals surface area contributed by atoms with Crippen LogP contribution in [0.3, 0.4) is 0 Å². The van der Waals surface area contributed by atoms with E-state index in [0.29, 0.717) is 18.2 Å². The van der Waals surface area contributed by atoms with Gasteiger partial charge < -0.3 is 5.32 Å². The van der Waals surface area contributed by atoms with Gasteiger partial charge in [-0.25, -0.2) is 4.39 Å². The van der Waals surface area contributed by atoms with E-state index in [1.165, 1.54) is 0 Å². The first-order valence-corrected chi connectivity index (χ1v) is 9.29. The van der Waals surface area contributed by atoms with Gasteiger partial charge in [0, 0.05) is 11.3 Å². The van der Waals surface area contributed by atoms with Crippen molar-refractivity contribution in [2.45, 2.75) is 17.9 Å². The molecule has 0 saturated carbocycles. The number of carbonyl (C=O) groups excluding carboxylic acids is 1. The van der Waals surface area contributed by atoms with Gasteiger partial charge in [0.2, 0.25) is 0 Å². The average Bonchev–Trinajstić information content (AvgIpc) is 2.61. The third kappa shape index (κ3) is 5.80. The highest BCUT2D eigenvalue weighted by Gasteiger charge is 2.46. The van der Waals surface area contributed by atoms with E-state index in [1.807, 2.05) is 0 Å². The predicted octanol–water partition coefficient (Wildman–Crippen LogP) is 5.38. The zero-order chi connectivity index (χ0) is 24.7. The van der Waals surface area contributed by atoms with Gasteiger partial charge in [0.1, 0.15) is 5.82 Å². The molecule has 0 radical (unpaired) electrons. The summed E-state index contributed by atoms with van der Waals surface area (Å²) in [5.41, 5.74) is -12.2. The van der Waals surface area contributed by atoms with Crippen LogP contribution in [0.1, 0.15) is 21.5 Å². The number of halogens is 10. The summed E-state index contributed by atoms with van der Waals surface area (Å²) in [6, 6.07) is 1.39. The first-order chi connectivity index (χ1) is 14.3. The van der Waals surface area contributed by atoms with Gasteiger partial charge in [-0.1, -0.05) is 0 Å². The van der Waals surface area contributed by atoms with Gasteiger partial charge in [0.05, 0.1) is 16.8 Å². The summed E-state index contributed by atoms with van der Waals surface area (Å²) in [6.45, 7) is 0. The van der Waals surface area contributed by atoms with Crippen LogP contribution < -0.4 is 10.0 Å². The van der Waals surface area contributed by atoms with Crippen molar-refractivity contribution in [2.24, 2.45) is 0 Å². The van der Waals surface area contributed by atoms with Crippen LogP contribution in [0.5, 0.6) is 0 Å². The van der Waals surface area contributed by atoms with E-state index < -0.39 is 67.7 Å². The molecule has 1 amide bonds. The molecule has 5 nitrogen and oxygen atoms in total. The number of carbonyl (C=O) groups is 1. The van der Waals surface area contributed by atoms with E-state index >= 15 is 0 Å². The molecule has 0 fully saturated rings. The van der Waals surface area contributed by atoms with Crippen molar-refractivity contribution in [3.63, 3.8) is 0 Å². The number of hydrogen-bond donors (Lipinski definition) is 2. The lowest BCUT2D eigenvalue weighted by molar-refractivity contribution is -0.143. The number of amides is 1. The SMILES string of the molecule is O=C(Nc1ccc(NS(=O)(=O)C(F)(F)F)c(F)c1)c1cc(C(F)(F)F)cc(C(F)(F)F)c1. The Bertz CT molecular complexity index is 1110. The van der Waals surface area contributed by atoms with Crippen molar-refractivity contribution in [3.8, 4) is 0 Å². The Labute approximate surface area is 172 Å². The maximum absolute atomic E-state index is 13.9. The van der Waals surface area contributed by atoms with Crippen LogP contribution in [0.4, 0.5) is 55.3 Å². The highest BCUT2D eigenvalue weighted by atomic mass is 32.2. The zero-order valence-corrected chi connectivity index (χ0v) is 15.7. The predicted molar refractivity (Wildman–Crippen MR) is 89.4 cm³/mol. The molecule has 2 aromatic carbocycles. The van der Waals surface area contributed by atoms with Crippen molar-refractivity contribution in [3.05, 3.63) is 58.9 Å².